The van der Waals surface area contributed by atoms with E-state index < -0.39 is 51.3 Å². The number of nitro groups is 2. The van der Waals surface area contributed by atoms with Crippen LogP contribution in [-0.2, 0) is 37.0 Å². The molecule has 4 rings (SSSR count). The first-order valence-corrected chi connectivity index (χ1v) is 12.3. The summed E-state index contributed by atoms with van der Waals surface area (Å²) in [5.41, 5.74) is 0.843. The van der Waals surface area contributed by atoms with Crippen molar-refractivity contribution in [1.82, 2.24) is 4.90 Å². The Morgan fingerprint density at radius 3 is 1.97 bits per heavy atom. The Bertz CT molecular complexity index is 1300. The maximum atomic E-state index is 12.9. The van der Waals surface area contributed by atoms with E-state index >= 15 is 0 Å². The summed E-state index contributed by atoms with van der Waals surface area (Å²) in [5.74, 6) is -1.92. The number of ether oxygens (including phenoxy) is 3. The number of thioether (sulfide) groups is 1. The second-order valence-electron chi connectivity index (χ2n) is 8.32. The molecule has 2 heterocycles. The summed E-state index contributed by atoms with van der Waals surface area (Å²) in [7, 11) is 0. The molecule has 38 heavy (non-hydrogen) atoms. The molecule has 2 aliphatic rings. The Morgan fingerprint density at radius 1 is 0.974 bits per heavy atom. The van der Waals surface area contributed by atoms with Gasteiger partial charge in [-0.2, -0.15) is 0 Å². The third-order valence-corrected chi connectivity index (χ3v) is 7.63. The maximum Gasteiger partial charge on any atom is 0.508 e. The lowest BCUT2D eigenvalue weighted by Crippen LogP contribution is -2.64. The van der Waals surface area contributed by atoms with E-state index in [0.29, 0.717) is 11.1 Å². The molecule has 0 bridgehead atoms. The molecule has 0 radical (unpaired) electrons. The summed E-state index contributed by atoms with van der Waals surface area (Å²) in [5, 5.41) is 21.0. The highest BCUT2D eigenvalue weighted by Gasteiger charge is 2.61. The van der Waals surface area contributed by atoms with Gasteiger partial charge in [-0.05, 0) is 42.3 Å². The van der Waals surface area contributed by atoms with Crippen LogP contribution in [0.4, 0.5) is 16.2 Å². The molecule has 0 aliphatic carbocycles. The number of non-ortho nitro benzene ring substituents is 2. The highest BCUT2D eigenvalue weighted by Crippen LogP contribution is 2.47. The second-order valence-corrected chi connectivity index (χ2v) is 10.2. The Kier molecular flexibility index (Phi) is 7.87. The van der Waals surface area contributed by atoms with Crippen molar-refractivity contribution >= 4 is 57.6 Å². The van der Waals surface area contributed by atoms with Gasteiger partial charge in [0.2, 0.25) is 5.91 Å². The average molecular weight is 562 g/mol. The van der Waals surface area contributed by atoms with Gasteiger partial charge in [0.05, 0.1) is 19.4 Å². The van der Waals surface area contributed by atoms with Crippen molar-refractivity contribution in [2.75, 3.05) is 0 Å². The van der Waals surface area contributed by atoms with Crippen LogP contribution in [0.3, 0.4) is 0 Å². The number of nitro benzene ring substituents is 2. The number of benzene rings is 2. The molecule has 0 spiro atoms. The number of rotatable bonds is 9. The van der Waals surface area contributed by atoms with Gasteiger partial charge in [0.25, 0.3) is 11.4 Å². The summed E-state index contributed by atoms with van der Waals surface area (Å²) >= 11 is 6.44. The first kappa shape index (κ1) is 26.9. The zero-order chi connectivity index (χ0) is 27.6. The molecule has 13 nitrogen and oxygen atoms in total. The lowest BCUT2D eigenvalue weighted by molar-refractivity contribution is -0.385. The minimum Gasteiger partial charge on any atom is -0.459 e. The summed E-state index contributed by atoms with van der Waals surface area (Å²) in [4.78, 5) is 59.4. The van der Waals surface area contributed by atoms with Gasteiger partial charge in [-0.3, -0.25) is 25.0 Å². The molecule has 4 atom stereocenters. The molecule has 0 N–H and O–H groups in total. The third-order valence-electron chi connectivity index (χ3n) is 5.90. The molecule has 1 amide bonds. The van der Waals surface area contributed by atoms with Crippen LogP contribution in [0, 0.1) is 26.1 Å². The molecule has 2 aromatic rings. The molecule has 2 fully saturated rings. The largest absolute Gasteiger partial charge is 0.508 e. The quantitative estimate of drug-likeness (QED) is 0.144. The monoisotopic (exact) mass is 561 g/mol. The van der Waals surface area contributed by atoms with Crippen molar-refractivity contribution < 1.29 is 38.4 Å². The van der Waals surface area contributed by atoms with E-state index in [0.717, 1.165) is 11.8 Å². The van der Waals surface area contributed by atoms with Gasteiger partial charge in [-0.1, -0.05) is 24.0 Å². The van der Waals surface area contributed by atoms with Crippen LogP contribution in [0.15, 0.2) is 48.5 Å². The first-order valence-electron chi connectivity index (χ1n) is 11.1. The van der Waals surface area contributed by atoms with Crippen LogP contribution in [0.25, 0.3) is 0 Å². The van der Waals surface area contributed by atoms with Gasteiger partial charge in [0.15, 0.2) is 6.04 Å². The number of esters is 1. The van der Waals surface area contributed by atoms with Crippen LogP contribution in [-0.4, -0.2) is 54.5 Å². The van der Waals surface area contributed by atoms with Crippen LogP contribution in [0.1, 0.15) is 18.1 Å². The highest BCUT2D eigenvalue weighted by molar-refractivity contribution is 8.24. The third kappa shape index (κ3) is 5.57. The number of fused-ring (bicyclic) bond motifs is 1. The van der Waals surface area contributed by atoms with E-state index in [1.807, 2.05) is 0 Å². The number of carbonyl (C=O) groups excluding carboxylic acids is 3. The standard InChI is InChI=1S/C23H19N3O10S2/c1-12(36-23(29)35-11-14-4-8-16(9-5-14)26(32)33)17-19(27)24-18(22(37)38-20(17)24)21(28)34-10-13-2-6-15(7-3-13)25(30)31/h2-9,12,17-18,20H,10-11H2,1H3. The van der Waals surface area contributed by atoms with Crippen LogP contribution in [0.5, 0.6) is 0 Å². The second kappa shape index (κ2) is 11.1. The maximum absolute atomic E-state index is 12.9. The van der Waals surface area contributed by atoms with Gasteiger partial charge in [-0.15, -0.1) is 0 Å². The first-order chi connectivity index (χ1) is 18.1. The smallest absolute Gasteiger partial charge is 0.459 e. The van der Waals surface area contributed by atoms with Crippen molar-refractivity contribution in [1.29, 1.82) is 0 Å². The molecule has 2 aromatic carbocycles. The fourth-order valence-electron chi connectivity index (χ4n) is 3.92. The lowest BCUT2D eigenvalue weighted by atomic mass is 9.91. The number of thiocarbonyl (C=S) groups is 1. The predicted octanol–water partition coefficient (Wildman–Crippen LogP) is 3.52. The van der Waals surface area contributed by atoms with Crippen LogP contribution in [0.2, 0.25) is 0 Å². The van der Waals surface area contributed by atoms with Gasteiger partial charge >= 0.3 is 12.1 Å². The molecule has 15 heteroatoms. The van der Waals surface area contributed by atoms with E-state index in [9.17, 15) is 34.6 Å². The van der Waals surface area contributed by atoms with Crippen molar-refractivity contribution in [2.45, 2.75) is 37.7 Å². The fourth-order valence-corrected chi connectivity index (χ4v) is 5.82. The van der Waals surface area contributed by atoms with Gasteiger partial charge in [-0.25, -0.2) is 9.59 Å². The number of hydrogen-bond acceptors (Lipinski definition) is 12. The molecule has 198 valence electrons. The minimum absolute atomic E-state index is 0.0972. The number of hydrogen-bond donors (Lipinski definition) is 0. The molecular weight excluding hydrogens is 542 g/mol. The molecule has 2 aliphatic heterocycles. The number of carbonyl (C=O) groups is 3. The van der Waals surface area contributed by atoms with Crippen molar-refractivity contribution in [3.8, 4) is 0 Å². The van der Waals surface area contributed by atoms with Crippen LogP contribution < -0.4 is 0 Å². The SMILES string of the molecule is CC(OC(=O)OCc1ccc([N+](=O)[O-])cc1)C1C(=O)N2C(C(=O)OCc3ccc([N+](=O)[O-])cc3)C(=S)SC12. The minimum atomic E-state index is -1.08. The summed E-state index contributed by atoms with van der Waals surface area (Å²) in [6.07, 6.45) is -1.90. The van der Waals surface area contributed by atoms with E-state index in [1.165, 1.54) is 60.4 Å². The summed E-state index contributed by atoms with van der Waals surface area (Å²) < 4.78 is 15.8. The predicted molar refractivity (Wildman–Crippen MR) is 135 cm³/mol. The molecule has 0 aromatic heterocycles. The molecular formula is C23H19N3O10S2. The Hall–Kier alpha value is -4.11. The van der Waals surface area contributed by atoms with Gasteiger partial charge in [0, 0.05) is 24.3 Å². The van der Waals surface area contributed by atoms with E-state index in [-0.39, 0.29) is 28.8 Å². The topological polar surface area (TPSA) is 168 Å². The lowest BCUT2D eigenvalue weighted by Gasteiger charge is -2.45. The van der Waals surface area contributed by atoms with E-state index in [2.05, 4.69) is 0 Å². The molecule has 4 unspecified atom stereocenters. The van der Waals surface area contributed by atoms with Crippen molar-refractivity contribution in [3.63, 3.8) is 0 Å². The Morgan fingerprint density at radius 2 is 1.47 bits per heavy atom. The molecule has 2 saturated heterocycles. The highest BCUT2D eigenvalue weighted by atomic mass is 32.2. The van der Waals surface area contributed by atoms with Crippen molar-refractivity contribution in [3.05, 3.63) is 79.9 Å². The van der Waals surface area contributed by atoms with Gasteiger partial charge in [0.1, 0.15) is 25.2 Å². The zero-order valence-corrected chi connectivity index (χ0v) is 21.2. The van der Waals surface area contributed by atoms with Crippen molar-refractivity contribution in [2.24, 2.45) is 5.92 Å². The Labute approximate surface area is 224 Å². The Balaban J connectivity index is 1.28. The van der Waals surface area contributed by atoms with Crippen LogP contribution >= 0.6 is 24.0 Å². The van der Waals surface area contributed by atoms with E-state index in [4.69, 9.17) is 26.4 Å². The fraction of sp³-hybridized carbons (Fsp3) is 0.304. The number of nitrogens with zero attached hydrogens (tertiary/aromatic N) is 3. The normalized spacial score (nSPS) is 20.7. The van der Waals surface area contributed by atoms with Gasteiger partial charge < -0.3 is 19.1 Å². The zero-order valence-electron chi connectivity index (χ0n) is 19.6. The number of β-lactam (4-membered cyclic amide) rings is 1. The molecule has 0 saturated carbocycles. The summed E-state index contributed by atoms with van der Waals surface area (Å²) in [6, 6.07) is 9.86. The van der Waals surface area contributed by atoms with E-state index in [1.54, 1.807) is 0 Å². The number of amides is 1. The average Bonchev–Trinajstić information content (AvgIpc) is 3.18. The summed E-state index contributed by atoms with van der Waals surface area (Å²) in [6.45, 7) is 1.19.